The van der Waals surface area contributed by atoms with Crippen LogP contribution in [0.15, 0.2) is 160 Å². The van der Waals surface area contributed by atoms with Crippen molar-refractivity contribution >= 4 is 90.4 Å². The summed E-state index contributed by atoms with van der Waals surface area (Å²) in [7, 11) is 7.69. The van der Waals surface area contributed by atoms with Crippen molar-refractivity contribution in [2.75, 3.05) is 21.3 Å². The summed E-state index contributed by atoms with van der Waals surface area (Å²) < 4.78 is 23.5. The molecule has 0 bridgehead atoms. The number of aryl methyl sites for hydroxylation is 6. The molecular formula is C82H92N28S2. The average Bonchev–Trinajstić information content (AvgIpc) is 1.63. The summed E-state index contributed by atoms with van der Waals surface area (Å²) in [5.74, 6) is 6.49. The largest absolute Gasteiger partial charge is 0.339 e. The molecular weight excluding hydrogens is 1440 g/mol. The topological polar surface area (TPSA) is 292 Å². The molecule has 16 aromatic rings. The quantitative estimate of drug-likeness (QED) is 0.0699. The molecule has 30 heteroatoms. The summed E-state index contributed by atoms with van der Waals surface area (Å²) in [6, 6.07) is 22.5. The molecule has 0 unspecified atom stereocenters. The smallest absolute Gasteiger partial charge is 0.165 e. The number of rotatable bonds is 16. The molecule has 0 spiro atoms. The Bertz CT molecular complexity index is 5490. The molecule has 16 heterocycles. The maximum atomic E-state index is 5.06. The molecule has 0 amide bonds. The molecule has 4 fully saturated rings. The lowest BCUT2D eigenvalue weighted by Crippen LogP contribution is -2.10. The summed E-state index contributed by atoms with van der Waals surface area (Å²) in [6.45, 7) is 4.01. The van der Waals surface area contributed by atoms with Gasteiger partial charge < -0.3 is 21.3 Å². The van der Waals surface area contributed by atoms with Crippen molar-refractivity contribution in [2.45, 2.75) is 166 Å². The van der Waals surface area contributed by atoms with Crippen molar-refractivity contribution < 1.29 is 0 Å². The van der Waals surface area contributed by atoms with Crippen LogP contribution in [0.1, 0.15) is 186 Å². The van der Waals surface area contributed by atoms with Crippen LogP contribution in [0.2, 0.25) is 0 Å². The van der Waals surface area contributed by atoms with Gasteiger partial charge in [-0.3, -0.25) is 23.7 Å². The zero-order chi connectivity index (χ0) is 76.0. The summed E-state index contributed by atoms with van der Waals surface area (Å²) in [5, 5.41) is 51.7. The molecule has 572 valence electrons. The van der Waals surface area contributed by atoms with Crippen LogP contribution in [0.4, 0.5) is 44.8 Å². The van der Waals surface area contributed by atoms with Gasteiger partial charge in [0.25, 0.3) is 0 Å². The molecule has 4 aliphatic rings. The third-order valence-electron chi connectivity index (χ3n) is 21.7. The van der Waals surface area contributed by atoms with Crippen LogP contribution in [-0.4, -0.2) is 116 Å². The number of pyridine rings is 2. The first kappa shape index (κ1) is 72.9. The van der Waals surface area contributed by atoms with Crippen molar-refractivity contribution in [3.8, 4) is 44.5 Å². The summed E-state index contributed by atoms with van der Waals surface area (Å²) >= 11 is 2.93. The second-order valence-corrected chi connectivity index (χ2v) is 31.6. The number of nitrogens with one attached hydrogen (secondary N) is 4. The highest BCUT2D eigenvalue weighted by Gasteiger charge is 2.27. The minimum absolute atomic E-state index is 0.500. The monoisotopic (exact) mass is 1530 g/mol. The van der Waals surface area contributed by atoms with Gasteiger partial charge in [0.15, 0.2) is 22.6 Å². The maximum absolute atomic E-state index is 5.06. The van der Waals surface area contributed by atoms with E-state index in [-0.39, 0.29) is 0 Å². The van der Waals surface area contributed by atoms with Crippen molar-refractivity contribution in [3.63, 3.8) is 0 Å². The van der Waals surface area contributed by atoms with Gasteiger partial charge in [0.1, 0.15) is 39.1 Å². The van der Waals surface area contributed by atoms with Crippen LogP contribution in [0, 0.1) is 13.8 Å². The van der Waals surface area contributed by atoms with Gasteiger partial charge in [-0.05, 0) is 125 Å². The molecule has 0 radical (unpaired) electrons. The van der Waals surface area contributed by atoms with Crippen LogP contribution in [0.3, 0.4) is 0 Å². The second kappa shape index (κ2) is 32.9. The van der Waals surface area contributed by atoms with E-state index in [1.165, 1.54) is 151 Å². The number of nitrogens with zero attached hydrogens (tertiary/aromatic N) is 24. The Morgan fingerprint density at radius 2 is 0.679 bits per heavy atom. The molecule has 4 N–H and O–H groups in total. The van der Waals surface area contributed by atoms with Crippen LogP contribution < -0.4 is 21.3 Å². The van der Waals surface area contributed by atoms with Gasteiger partial charge in [-0.25, -0.2) is 24.9 Å². The summed E-state index contributed by atoms with van der Waals surface area (Å²) in [4.78, 5) is 28.8. The molecule has 0 aliphatic heterocycles. The SMILES string of the molecule is Cc1cc(Nc2cc(C3CCCCC3)nc3c(-c4cnn(C)c4)cnn23)sn1.Cc1cc(Nc2cc(C3CCCCC3)nc3c(-c4cnn(C)c4)cnn23)sn1.Cn1cc(-c2cnn3c(Nc4ccccn4)cc(C4CCCCC4)nc23)cn1.Cn1cc(-c2cnn3c(Nc4cccnc4)cc(C4CCCCC4)nc23)cn1. The average molecular weight is 1530 g/mol. The number of hydrogen-bond acceptors (Lipinski definition) is 22. The van der Waals surface area contributed by atoms with Crippen molar-refractivity contribution in [1.82, 2.24) is 116 Å². The van der Waals surface area contributed by atoms with E-state index in [4.69, 9.17) is 19.9 Å². The van der Waals surface area contributed by atoms with E-state index in [1.807, 2.05) is 180 Å². The van der Waals surface area contributed by atoms with Gasteiger partial charge >= 0.3 is 0 Å². The second-order valence-electron chi connectivity index (χ2n) is 30.0. The Morgan fingerprint density at radius 1 is 0.339 bits per heavy atom. The van der Waals surface area contributed by atoms with E-state index in [9.17, 15) is 0 Å². The van der Waals surface area contributed by atoms with Crippen molar-refractivity contribution in [2.24, 2.45) is 28.2 Å². The van der Waals surface area contributed by atoms with Crippen LogP contribution in [0.25, 0.3) is 67.1 Å². The highest BCUT2D eigenvalue weighted by molar-refractivity contribution is 7.10. The van der Waals surface area contributed by atoms with E-state index in [0.717, 1.165) is 146 Å². The standard InChI is InChI=1S/2C21H23N7.2C20H23N7S/c1-27-14-16(12-23-27)17-13-24-28-20(26-19-9-5-6-10-22-19)11-18(25-21(17)28)15-7-3-2-4-8-15;1-27-14-16(11-23-27)18-13-24-28-20(25-17-8-5-9-22-12-17)10-19(26-21(18)28)15-6-3-2-4-7-15;2*1-13-8-19(28-25-13)24-18-9-17(14-6-4-3-5-7-14)23-20-16(11-22-27(18)20)15-10-21-26(2)12-15/h5-6,9-15H,2-4,7-8H2,1H3,(H,22,26);5,8-15,25H,2-4,6-7H2,1H3;2*8-12,14,24H,3-7H2,1-2H3. The lowest BCUT2D eigenvalue weighted by molar-refractivity contribution is 0.437. The van der Waals surface area contributed by atoms with Crippen molar-refractivity contribution in [1.29, 1.82) is 0 Å². The lowest BCUT2D eigenvalue weighted by Gasteiger charge is -2.22. The van der Waals surface area contributed by atoms with E-state index in [0.29, 0.717) is 23.7 Å². The molecule has 4 aliphatic carbocycles. The Hall–Kier alpha value is -11.9. The fourth-order valence-electron chi connectivity index (χ4n) is 16.0. The number of anilines is 8. The Labute approximate surface area is 656 Å². The predicted octanol–water partition coefficient (Wildman–Crippen LogP) is 18.0. The van der Waals surface area contributed by atoms with Crippen LogP contribution in [-0.2, 0) is 28.2 Å². The maximum Gasteiger partial charge on any atom is 0.165 e. The number of aromatic nitrogens is 24. The van der Waals surface area contributed by atoms with E-state index < -0.39 is 0 Å². The fraction of sp³-hybridized carbons (Fsp3) is 0.366. The van der Waals surface area contributed by atoms with Gasteiger partial charge in [0.05, 0.1) is 72.8 Å². The lowest BCUT2D eigenvalue weighted by atomic mass is 9.87. The zero-order valence-corrected chi connectivity index (χ0v) is 65.6. The molecule has 4 saturated carbocycles. The molecule has 0 atom stereocenters. The zero-order valence-electron chi connectivity index (χ0n) is 64.0. The normalized spacial score (nSPS) is 15.3. The first-order valence-corrected chi connectivity index (χ1v) is 40.7. The fourth-order valence-corrected chi connectivity index (χ4v) is 17.4. The van der Waals surface area contributed by atoms with Crippen molar-refractivity contribution in [3.05, 3.63) is 194 Å². The van der Waals surface area contributed by atoms with Crippen LogP contribution in [0.5, 0.6) is 0 Å². The molecule has 20 rings (SSSR count). The first-order valence-electron chi connectivity index (χ1n) is 39.2. The summed E-state index contributed by atoms with van der Waals surface area (Å²) in [5.41, 5.74) is 19.1. The third kappa shape index (κ3) is 16.3. The highest BCUT2D eigenvalue weighted by atomic mass is 32.1. The predicted molar refractivity (Wildman–Crippen MR) is 439 cm³/mol. The van der Waals surface area contributed by atoms with Gasteiger partial charge in [-0.1, -0.05) is 83.1 Å². The van der Waals surface area contributed by atoms with Gasteiger partial charge in [0.2, 0.25) is 0 Å². The minimum Gasteiger partial charge on any atom is -0.339 e. The van der Waals surface area contributed by atoms with E-state index in [1.54, 1.807) is 21.8 Å². The van der Waals surface area contributed by atoms with Gasteiger partial charge in [-0.15, -0.1) is 0 Å². The van der Waals surface area contributed by atoms with E-state index >= 15 is 0 Å². The Morgan fingerprint density at radius 3 is 0.964 bits per heavy atom. The van der Waals surface area contributed by atoms with E-state index in [2.05, 4.69) is 117 Å². The Kier molecular flexibility index (Phi) is 21.4. The molecule has 28 nitrogen and oxygen atoms in total. The summed E-state index contributed by atoms with van der Waals surface area (Å²) in [6.07, 6.45) is 53.5. The van der Waals surface area contributed by atoms with Gasteiger partial charge in [-0.2, -0.15) is 67.6 Å². The molecule has 16 aromatic heterocycles. The first-order chi connectivity index (χ1) is 54.9. The third-order valence-corrected chi connectivity index (χ3v) is 23.3. The Balaban J connectivity index is 0.000000108. The number of hydrogen-bond donors (Lipinski definition) is 4. The van der Waals surface area contributed by atoms with Crippen LogP contribution >= 0.6 is 23.1 Å². The highest BCUT2D eigenvalue weighted by Crippen LogP contribution is 2.41. The van der Waals surface area contributed by atoms with Gasteiger partial charge in [0, 0.05) is 181 Å². The molecule has 112 heavy (non-hydrogen) atoms. The molecule has 0 aromatic carbocycles. The minimum atomic E-state index is 0.500. The number of fused-ring (bicyclic) bond motifs is 4. The molecule has 0 saturated heterocycles.